The van der Waals surface area contributed by atoms with Gasteiger partial charge in [-0.2, -0.15) is 0 Å². The number of nitro groups is 1. The normalized spacial score (nSPS) is 11.7. The molecule has 7 nitrogen and oxygen atoms in total. The van der Waals surface area contributed by atoms with Crippen LogP contribution in [0, 0.1) is 16.0 Å². The molecule has 0 aliphatic heterocycles. The number of nitro benzene ring substituents is 1. The molecule has 1 atom stereocenters. The van der Waals surface area contributed by atoms with E-state index in [4.69, 9.17) is 5.11 Å². The van der Waals surface area contributed by atoms with E-state index in [0.29, 0.717) is 12.8 Å². The number of carbonyl (C=O) groups excluding carboxylic acids is 1. The zero-order valence-corrected chi connectivity index (χ0v) is 11.0. The summed E-state index contributed by atoms with van der Waals surface area (Å²) in [6.45, 7) is 1.80. The zero-order valence-electron chi connectivity index (χ0n) is 11.0. The monoisotopic (exact) mass is 280 g/mol. The minimum atomic E-state index is -0.991. The highest BCUT2D eigenvalue weighted by atomic mass is 16.6. The van der Waals surface area contributed by atoms with Crippen molar-refractivity contribution in [2.24, 2.45) is 5.92 Å². The topological polar surface area (TPSA) is 110 Å². The smallest absolute Gasteiger partial charge is 0.308 e. The lowest BCUT2D eigenvalue weighted by molar-refractivity contribution is -0.385. The molecule has 0 bridgehead atoms. The summed E-state index contributed by atoms with van der Waals surface area (Å²) in [4.78, 5) is 33.0. The number of rotatable bonds is 7. The van der Waals surface area contributed by atoms with Crippen LogP contribution in [0.5, 0.6) is 0 Å². The van der Waals surface area contributed by atoms with E-state index in [9.17, 15) is 19.7 Å². The fourth-order valence-corrected chi connectivity index (χ4v) is 1.80. The Labute approximate surface area is 115 Å². The maximum absolute atomic E-state index is 11.9. The van der Waals surface area contributed by atoms with Crippen molar-refractivity contribution in [3.8, 4) is 0 Å². The molecule has 7 heteroatoms. The second-order valence-electron chi connectivity index (χ2n) is 4.31. The number of hydrogen-bond donors (Lipinski definition) is 2. The van der Waals surface area contributed by atoms with Crippen LogP contribution in [0.1, 0.15) is 30.1 Å². The zero-order chi connectivity index (χ0) is 15.1. The fraction of sp³-hybridized carbons (Fsp3) is 0.385. The highest BCUT2D eigenvalue weighted by Gasteiger charge is 2.22. The highest BCUT2D eigenvalue weighted by molar-refractivity contribution is 5.98. The van der Waals surface area contributed by atoms with Crippen LogP contribution in [0.15, 0.2) is 24.3 Å². The van der Waals surface area contributed by atoms with Gasteiger partial charge in [-0.3, -0.25) is 19.7 Å². The summed E-state index contributed by atoms with van der Waals surface area (Å²) >= 11 is 0. The van der Waals surface area contributed by atoms with E-state index < -0.39 is 22.7 Å². The van der Waals surface area contributed by atoms with Crippen LogP contribution in [0.3, 0.4) is 0 Å². The summed E-state index contributed by atoms with van der Waals surface area (Å²) < 4.78 is 0. The number of nitrogens with zero attached hydrogens (tertiary/aromatic N) is 1. The van der Waals surface area contributed by atoms with Gasteiger partial charge in [0.2, 0.25) is 0 Å². The molecular formula is C13H16N2O5. The second-order valence-corrected chi connectivity index (χ2v) is 4.31. The number of aliphatic carboxylic acids is 1. The first-order valence-corrected chi connectivity index (χ1v) is 6.21. The largest absolute Gasteiger partial charge is 0.481 e. The van der Waals surface area contributed by atoms with Crippen LogP contribution in [-0.2, 0) is 4.79 Å². The van der Waals surface area contributed by atoms with Gasteiger partial charge in [-0.25, -0.2) is 0 Å². The molecule has 20 heavy (non-hydrogen) atoms. The van der Waals surface area contributed by atoms with Crippen LogP contribution in [0.4, 0.5) is 5.69 Å². The van der Waals surface area contributed by atoms with Gasteiger partial charge in [0, 0.05) is 12.6 Å². The molecular weight excluding hydrogens is 264 g/mol. The van der Waals surface area contributed by atoms with Crippen molar-refractivity contribution in [3.05, 3.63) is 39.9 Å². The van der Waals surface area contributed by atoms with Gasteiger partial charge in [-0.05, 0) is 12.5 Å². The van der Waals surface area contributed by atoms with Crippen LogP contribution in [0.25, 0.3) is 0 Å². The van der Waals surface area contributed by atoms with Gasteiger partial charge in [-0.15, -0.1) is 0 Å². The van der Waals surface area contributed by atoms with Gasteiger partial charge in [0.05, 0.1) is 10.8 Å². The van der Waals surface area contributed by atoms with Crippen molar-refractivity contribution in [3.63, 3.8) is 0 Å². The first-order valence-electron chi connectivity index (χ1n) is 6.21. The predicted molar refractivity (Wildman–Crippen MR) is 71.5 cm³/mol. The molecule has 0 radical (unpaired) electrons. The first kappa shape index (κ1) is 15.6. The molecule has 1 amide bonds. The van der Waals surface area contributed by atoms with Gasteiger partial charge in [0.15, 0.2) is 0 Å². The Balaban J connectivity index is 2.77. The van der Waals surface area contributed by atoms with Crippen LogP contribution >= 0.6 is 0 Å². The Bertz CT molecular complexity index is 515. The predicted octanol–water partition coefficient (Wildman–Crippen LogP) is 1.83. The van der Waals surface area contributed by atoms with Crippen molar-refractivity contribution in [1.82, 2.24) is 5.32 Å². The first-order chi connectivity index (χ1) is 9.47. The van der Waals surface area contributed by atoms with E-state index in [1.807, 2.05) is 6.92 Å². The van der Waals surface area contributed by atoms with Crippen molar-refractivity contribution < 1.29 is 19.6 Å². The van der Waals surface area contributed by atoms with E-state index in [0.717, 1.165) is 0 Å². The van der Waals surface area contributed by atoms with Crippen molar-refractivity contribution in [2.75, 3.05) is 6.54 Å². The quantitative estimate of drug-likeness (QED) is 0.584. The molecule has 0 spiro atoms. The SMILES string of the molecule is CCCC(CNC(=O)c1ccccc1[N+](=O)[O-])C(=O)O. The Morgan fingerprint density at radius 1 is 1.40 bits per heavy atom. The fourth-order valence-electron chi connectivity index (χ4n) is 1.80. The molecule has 0 fully saturated rings. The molecule has 1 aromatic carbocycles. The number of para-hydroxylation sites is 1. The molecule has 0 aliphatic rings. The average Bonchev–Trinajstić information content (AvgIpc) is 2.42. The lowest BCUT2D eigenvalue weighted by atomic mass is 10.0. The number of hydrogen-bond acceptors (Lipinski definition) is 4. The molecule has 1 rings (SSSR count). The van der Waals surface area contributed by atoms with Crippen LogP contribution in [-0.4, -0.2) is 28.5 Å². The number of carboxylic acid groups (broad SMARTS) is 1. The van der Waals surface area contributed by atoms with E-state index in [1.165, 1.54) is 24.3 Å². The van der Waals surface area contributed by atoms with Gasteiger partial charge in [0.25, 0.3) is 11.6 Å². The maximum Gasteiger partial charge on any atom is 0.308 e. The molecule has 0 heterocycles. The van der Waals surface area contributed by atoms with E-state index >= 15 is 0 Å². The molecule has 2 N–H and O–H groups in total. The highest BCUT2D eigenvalue weighted by Crippen LogP contribution is 2.17. The molecule has 1 aromatic rings. The molecule has 0 saturated carbocycles. The van der Waals surface area contributed by atoms with Gasteiger partial charge < -0.3 is 10.4 Å². The third-order valence-electron chi connectivity index (χ3n) is 2.84. The average molecular weight is 280 g/mol. The number of carbonyl (C=O) groups is 2. The number of nitrogens with one attached hydrogen (secondary N) is 1. The van der Waals surface area contributed by atoms with Crippen LogP contribution in [0.2, 0.25) is 0 Å². The van der Waals surface area contributed by atoms with Gasteiger partial charge in [0.1, 0.15) is 5.56 Å². The molecule has 0 aromatic heterocycles. The van der Waals surface area contributed by atoms with E-state index in [-0.39, 0.29) is 17.8 Å². The Hall–Kier alpha value is -2.44. The lowest BCUT2D eigenvalue weighted by Crippen LogP contribution is -2.33. The summed E-state index contributed by atoms with van der Waals surface area (Å²) in [5.74, 6) is -2.32. The Kier molecular flexibility index (Phi) is 5.64. The summed E-state index contributed by atoms with van der Waals surface area (Å²) in [7, 11) is 0. The minimum Gasteiger partial charge on any atom is -0.481 e. The van der Waals surface area contributed by atoms with Crippen molar-refractivity contribution >= 4 is 17.6 Å². The van der Waals surface area contributed by atoms with Crippen LogP contribution < -0.4 is 5.32 Å². The summed E-state index contributed by atoms with van der Waals surface area (Å²) in [6.07, 6.45) is 1.12. The third kappa shape index (κ3) is 4.04. The summed E-state index contributed by atoms with van der Waals surface area (Å²) in [5.41, 5.74) is -0.370. The second kappa shape index (κ2) is 7.22. The summed E-state index contributed by atoms with van der Waals surface area (Å²) in [6, 6.07) is 5.55. The molecule has 0 aliphatic carbocycles. The van der Waals surface area contributed by atoms with Crippen molar-refractivity contribution in [2.45, 2.75) is 19.8 Å². The van der Waals surface area contributed by atoms with Gasteiger partial charge in [-0.1, -0.05) is 25.5 Å². The Morgan fingerprint density at radius 3 is 2.60 bits per heavy atom. The molecule has 0 saturated heterocycles. The summed E-state index contributed by atoms with van der Waals surface area (Å²) in [5, 5.41) is 22.2. The van der Waals surface area contributed by atoms with E-state index in [2.05, 4.69) is 5.32 Å². The Morgan fingerprint density at radius 2 is 2.05 bits per heavy atom. The number of carboxylic acids is 1. The maximum atomic E-state index is 11.9. The molecule has 1 unspecified atom stereocenters. The number of benzene rings is 1. The minimum absolute atomic E-state index is 0.0476. The van der Waals surface area contributed by atoms with Crippen molar-refractivity contribution in [1.29, 1.82) is 0 Å². The lowest BCUT2D eigenvalue weighted by Gasteiger charge is -2.12. The number of amides is 1. The molecule has 108 valence electrons. The van der Waals surface area contributed by atoms with Gasteiger partial charge >= 0.3 is 5.97 Å². The third-order valence-corrected chi connectivity index (χ3v) is 2.84. The standard InChI is InChI=1S/C13H16N2O5/c1-2-5-9(13(17)18)8-14-12(16)10-6-3-4-7-11(10)15(19)20/h3-4,6-7,9H,2,5,8H2,1H3,(H,14,16)(H,17,18). The van der Waals surface area contributed by atoms with E-state index in [1.54, 1.807) is 0 Å².